The van der Waals surface area contributed by atoms with Crippen molar-refractivity contribution in [3.8, 4) is 5.69 Å². The van der Waals surface area contributed by atoms with Crippen LogP contribution in [0.15, 0.2) is 41.5 Å². The minimum Gasteiger partial charge on any atom is -0.379 e. The number of aromatic amines is 1. The Hall–Kier alpha value is -4.28. The third-order valence-corrected chi connectivity index (χ3v) is 8.03. The van der Waals surface area contributed by atoms with Gasteiger partial charge in [0.15, 0.2) is 5.69 Å². The molecule has 1 aromatic carbocycles. The molecule has 2 amide bonds. The molecule has 1 atom stereocenters. The molecule has 5 rings (SSSR count). The van der Waals surface area contributed by atoms with E-state index in [0.29, 0.717) is 50.3 Å². The summed E-state index contributed by atoms with van der Waals surface area (Å²) in [6, 6.07) is 5.58. The molecule has 16 heteroatoms. The molecule has 0 radical (unpaired) electrons. The number of alkyl halides is 3. The number of rotatable bonds is 9. The summed E-state index contributed by atoms with van der Waals surface area (Å²) in [5.74, 6) is -1.44. The third kappa shape index (κ3) is 7.87. The molecule has 0 unspecified atom stereocenters. The molecule has 2 fully saturated rings. The Morgan fingerprint density at radius 1 is 1.11 bits per heavy atom. The molecule has 0 saturated carbocycles. The first kappa shape index (κ1) is 32.1. The average Bonchev–Trinajstić information content (AvgIpc) is 3.51. The highest BCUT2D eigenvalue weighted by atomic mass is 19.4. The van der Waals surface area contributed by atoms with Crippen LogP contribution in [0.1, 0.15) is 39.8 Å². The van der Waals surface area contributed by atoms with Gasteiger partial charge in [0.2, 0.25) is 5.56 Å². The van der Waals surface area contributed by atoms with E-state index in [4.69, 9.17) is 4.74 Å². The van der Waals surface area contributed by atoms with Crippen LogP contribution < -0.4 is 21.1 Å². The Labute approximate surface area is 257 Å². The number of piperazine rings is 1. The number of ether oxygens (including phenoxy) is 1. The zero-order valence-corrected chi connectivity index (χ0v) is 25.1. The minimum absolute atomic E-state index is 0.0898. The van der Waals surface area contributed by atoms with Gasteiger partial charge < -0.3 is 30.2 Å². The van der Waals surface area contributed by atoms with Crippen molar-refractivity contribution in [3.63, 3.8) is 0 Å². The van der Waals surface area contributed by atoms with Crippen molar-refractivity contribution in [1.29, 1.82) is 0 Å². The van der Waals surface area contributed by atoms with Gasteiger partial charge in [0.1, 0.15) is 0 Å². The van der Waals surface area contributed by atoms with Gasteiger partial charge in [-0.25, -0.2) is 4.68 Å². The SMILES string of the molecule is C[C@H]1CN(c2ccc(-n3cc(C(=O)NCCCN4CCOCC4)nn3)cc2NC(=O)c2c[nH]c(=O)cc2C(F)(F)F)CCN1C. The fraction of sp³-hybridized carbons (Fsp3) is 0.483. The lowest BCUT2D eigenvalue weighted by Gasteiger charge is -2.39. The van der Waals surface area contributed by atoms with E-state index in [9.17, 15) is 27.6 Å². The smallest absolute Gasteiger partial charge is 0.379 e. The Morgan fingerprint density at radius 3 is 2.62 bits per heavy atom. The summed E-state index contributed by atoms with van der Waals surface area (Å²) in [4.78, 5) is 46.3. The Bertz CT molecular complexity index is 1570. The number of amides is 2. The third-order valence-electron chi connectivity index (χ3n) is 8.03. The topological polar surface area (TPSA) is 141 Å². The number of hydrogen-bond acceptors (Lipinski definition) is 9. The number of nitrogens with zero attached hydrogens (tertiary/aromatic N) is 6. The van der Waals surface area contributed by atoms with E-state index in [-0.39, 0.29) is 17.4 Å². The minimum atomic E-state index is -4.92. The molecule has 0 spiro atoms. The second-order valence-corrected chi connectivity index (χ2v) is 11.2. The highest BCUT2D eigenvalue weighted by Crippen LogP contribution is 2.33. The number of carbonyl (C=O) groups is 2. The molecular weight excluding hydrogens is 595 g/mol. The Morgan fingerprint density at radius 2 is 1.89 bits per heavy atom. The molecule has 2 aliphatic rings. The number of hydrogen-bond donors (Lipinski definition) is 3. The number of aromatic nitrogens is 4. The lowest BCUT2D eigenvalue weighted by atomic mass is 10.1. The van der Waals surface area contributed by atoms with Crippen LogP contribution in [0, 0.1) is 0 Å². The molecule has 45 heavy (non-hydrogen) atoms. The quantitative estimate of drug-likeness (QED) is 0.302. The van der Waals surface area contributed by atoms with Gasteiger partial charge in [-0.15, -0.1) is 5.10 Å². The van der Waals surface area contributed by atoms with Crippen LogP contribution in [0.5, 0.6) is 0 Å². The lowest BCUT2D eigenvalue weighted by molar-refractivity contribution is -0.138. The first-order valence-corrected chi connectivity index (χ1v) is 14.7. The van der Waals surface area contributed by atoms with Crippen molar-refractivity contribution in [2.24, 2.45) is 0 Å². The predicted molar refractivity (Wildman–Crippen MR) is 160 cm³/mol. The van der Waals surface area contributed by atoms with Crippen LogP contribution in [-0.4, -0.2) is 114 Å². The molecule has 2 saturated heterocycles. The molecule has 3 aromatic rings. The van der Waals surface area contributed by atoms with Crippen LogP contribution in [0.3, 0.4) is 0 Å². The summed E-state index contributed by atoms with van der Waals surface area (Å²) in [5.41, 5.74) is -1.69. The van der Waals surface area contributed by atoms with Gasteiger partial charge in [-0.05, 0) is 45.1 Å². The van der Waals surface area contributed by atoms with Crippen LogP contribution >= 0.6 is 0 Å². The second-order valence-electron chi connectivity index (χ2n) is 11.2. The van der Waals surface area contributed by atoms with Gasteiger partial charge in [0.05, 0.1) is 47.6 Å². The Balaban J connectivity index is 1.36. The number of likely N-dealkylation sites (N-methyl/N-ethyl adjacent to an activating group) is 1. The summed E-state index contributed by atoms with van der Waals surface area (Å²) in [5, 5.41) is 13.5. The monoisotopic (exact) mass is 631 g/mol. The average molecular weight is 632 g/mol. The van der Waals surface area contributed by atoms with Crippen molar-refractivity contribution in [2.75, 3.05) is 76.3 Å². The van der Waals surface area contributed by atoms with Gasteiger partial charge in [0, 0.05) is 57.6 Å². The number of anilines is 2. The van der Waals surface area contributed by atoms with Crippen molar-refractivity contribution in [1.82, 2.24) is 35.1 Å². The normalized spacial score (nSPS) is 18.2. The lowest BCUT2D eigenvalue weighted by Crippen LogP contribution is -2.50. The van der Waals surface area contributed by atoms with Crippen LogP contribution in [0.4, 0.5) is 24.5 Å². The number of carbonyl (C=O) groups excluding carboxylic acids is 2. The maximum absolute atomic E-state index is 13.7. The van der Waals surface area contributed by atoms with E-state index in [1.165, 1.54) is 10.9 Å². The zero-order valence-electron chi connectivity index (χ0n) is 25.1. The van der Waals surface area contributed by atoms with E-state index in [0.717, 1.165) is 38.8 Å². The molecule has 242 valence electrons. The molecule has 2 aromatic heterocycles. The number of nitrogens with one attached hydrogen (secondary N) is 3. The molecule has 4 heterocycles. The number of halogens is 3. The number of benzene rings is 1. The number of H-pyrrole nitrogens is 1. The fourth-order valence-electron chi connectivity index (χ4n) is 5.31. The van der Waals surface area contributed by atoms with E-state index >= 15 is 0 Å². The largest absolute Gasteiger partial charge is 0.417 e. The highest BCUT2D eigenvalue weighted by Gasteiger charge is 2.36. The first-order chi connectivity index (χ1) is 21.5. The van der Waals surface area contributed by atoms with Crippen LogP contribution in [-0.2, 0) is 10.9 Å². The first-order valence-electron chi connectivity index (χ1n) is 14.7. The van der Waals surface area contributed by atoms with E-state index in [2.05, 4.69) is 42.7 Å². The summed E-state index contributed by atoms with van der Waals surface area (Å²) < 4.78 is 47.8. The van der Waals surface area contributed by atoms with Gasteiger partial charge in [-0.1, -0.05) is 5.21 Å². The van der Waals surface area contributed by atoms with E-state index in [1.807, 2.05) is 11.9 Å². The van der Waals surface area contributed by atoms with Gasteiger partial charge in [0.25, 0.3) is 11.8 Å². The predicted octanol–water partition coefficient (Wildman–Crippen LogP) is 1.82. The van der Waals surface area contributed by atoms with E-state index < -0.39 is 34.7 Å². The van der Waals surface area contributed by atoms with Crippen molar-refractivity contribution < 1.29 is 27.5 Å². The summed E-state index contributed by atoms with van der Waals surface area (Å²) in [7, 11) is 2.01. The summed E-state index contributed by atoms with van der Waals surface area (Å²) in [6.07, 6.45) is -1.95. The summed E-state index contributed by atoms with van der Waals surface area (Å²) >= 11 is 0. The maximum Gasteiger partial charge on any atom is 0.417 e. The van der Waals surface area contributed by atoms with Crippen LogP contribution in [0.2, 0.25) is 0 Å². The molecule has 13 nitrogen and oxygen atoms in total. The number of morpholine rings is 1. The summed E-state index contributed by atoms with van der Waals surface area (Å²) in [6.45, 7) is 8.48. The molecule has 0 bridgehead atoms. The van der Waals surface area contributed by atoms with Crippen molar-refractivity contribution in [3.05, 3.63) is 63.8 Å². The fourth-order valence-corrected chi connectivity index (χ4v) is 5.31. The molecule has 0 aliphatic carbocycles. The van der Waals surface area contributed by atoms with Crippen molar-refractivity contribution in [2.45, 2.75) is 25.6 Å². The standard InChI is InChI=1S/C29H36F3N9O4/c1-19-17-40(9-8-38(19)2)25-5-4-20(14-23(25)35-27(43)21-16-34-26(42)15-22(21)29(30,31)32)41-18-24(36-37-41)28(44)33-6-3-7-39-10-12-45-13-11-39/h4-5,14-16,18-19H,3,6-13,17H2,1-2H3,(H,33,44)(H,34,42)(H,35,43)/t19-/m0/s1. The highest BCUT2D eigenvalue weighted by molar-refractivity contribution is 6.07. The van der Waals surface area contributed by atoms with Gasteiger partial charge in [-0.3, -0.25) is 19.3 Å². The molecule has 3 N–H and O–H groups in total. The van der Waals surface area contributed by atoms with Crippen LogP contribution in [0.25, 0.3) is 5.69 Å². The molecular formula is C29H36F3N9O4. The van der Waals surface area contributed by atoms with E-state index in [1.54, 1.807) is 18.2 Å². The zero-order chi connectivity index (χ0) is 32.1. The van der Waals surface area contributed by atoms with Crippen molar-refractivity contribution >= 4 is 23.2 Å². The van der Waals surface area contributed by atoms with Gasteiger partial charge in [-0.2, -0.15) is 13.2 Å². The van der Waals surface area contributed by atoms with Gasteiger partial charge >= 0.3 is 6.18 Å². The second kappa shape index (κ2) is 13.8. The Kier molecular flexibility index (Phi) is 9.84. The number of pyridine rings is 1. The molecule has 2 aliphatic heterocycles. The maximum atomic E-state index is 13.7.